The molecule has 7 nitrogen and oxygen atoms in total. The van der Waals surface area contributed by atoms with Gasteiger partial charge < -0.3 is 4.74 Å². The number of alkyl halides is 2. The summed E-state index contributed by atoms with van der Waals surface area (Å²) in [6.07, 6.45) is -2.46. The Labute approximate surface area is 110 Å². The van der Waals surface area contributed by atoms with Gasteiger partial charge in [0, 0.05) is 5.75 Å². The monoisotopic (exact) mass is 291 g/mol. The minimum Gasteiger partial charge on any atom is -0.375 e. The van der Waals surface area contributed by atoms with E-state index < -0.39 is 13.0 Å². The lowest BCUT2D eigenvalue weighted by Gasteiger charge is -2.02. The fourth-order valence-electron chi connectivity index (χ4n) is 1.28. The van der Waals surface area contributed by atoms with Crippen molar-refractivity contribution in [3.63, 3.8) is 0 Å². The van der Waals surface area contributed by atoms with Crippen molar-refractivity contribution in [2.24, 2.45) is 0 Å². The summed E-state index contributed by atoms with van der Waals surface area (Å²) in [7, 11) is 0. The molecule has 104 valence electrons. The van der Waals surface area contributed by atoms with Crippen LogP contribution in [0.25, 0.3) is 5.78 Å². The van der Waals surface area contributed by atoms with Crippen molar-refractivity contribution in [2.45, 2.75) is 18.5 Å². The van der Waals surface area contributed by atoms with Gasteiger partial charge in [0.1, 0.15) is 12.3 Å². The van der Waals surface area contributed by atoms with Gasteiger partial charge in [0.25, 0.3) is 17.8 Å². The van der Waals surface area contributed by atoms with Crippen molar-refractivity contribution in [2.75, 3.05) is 19.0 Å². The molecule has 1 N–H and O–H groups in total. The van der Waals surface area contributed by atoms with Crippen molar-refractivity contribution in [1.29, 1.82) is 0 Å². The van der Waals surface area contributed by atoms with E-state index in [0.29, 0.717) is 16.6 Å². The smallest absolute Gasteiger partial charge is 0.273 e. The van der Waals surface area contributed by atoms with E-state index >= 15 is 0 Å². The molecule has 0 spiro atoms. The first kappa shape index (κ1) is 13.9. The van der Waals surface area contributed by atoms with Crippen molar-refractivity contribution >= 4 is 17.5 Å². The highest BCUT2D eigenvalue weighted by molar-refractivity contribution is 7.99. The molecule has 10 heteroatoms. The van der Waals surface area contributed by atoms with Crippen molar-refractivity contribution < 1.29 is 13.5 Å². The second-order valence-corrected chi connectivity index (χ2v) is 4.63. The van der Waals surface area contributed by atoms with E-state index in [9.17, 15) is 13.6 Å². The summed E-state index contributed by atoms with van der Waals surface area (Å²) in [5, 5.41) is 12.1. The van der Waals surface area contributed by atoms with E-state index in [1.165, 1.54) is 16.3 Å². The molecule has 0 saturated carbocycles. The highest BCUT2D eigenvalue weighted by Gasteiger charge is 2.09. The average Bonchev–Trinajstić information content (AvgIpc) is 2.72. The Kier molecular flexibility index (Phi) is 4.43. The lowest BCUT2D eigenvalue weighted by molar-refractivity contribution is 0.0237. The Morgan fingerprint density at radius 1 is 1.47 bits per heavy atom. The van der Waals surface area contributed by atoms with Gasteiger partial charge in [-0.15, -0.1) is 10.2 Å². The number of ether oxygens (including phenoxy) is 1. The van der Waals surface area contributed by atoms with Gasteiger partial charge in [-0.3, -0.25) is 9.78 Å². The summed E-state index contributed by atoms with van der Waals surface area (Å²) < 4.78 is 29.8. The SMILES string of the molecule is Cc1nn2c(SCCOCC(F)F)nnc2[nH]c1=O. The van der Waals surface area contributed by atoms with Crippen LogP contribution in [0.3, 0.4) is 0 Å². The number of nitrogens with zero attached hydrogens (tertiary/aromatic N) is 4. The first-order chi connectivity index (χ1) is 9.08. The molecule has 0 fully saturated rings. The van der Waals surface area contributed by atoms with Crippen LogP contribution in [0.15, 0.2) is 9.95 Å². The number of hydrogen-bond donors (Lipinski definition) is 1. The van der Waals surface area contributed by atoms with Crippen LogP contribution in [-0.4, -0.2) is 50.2 Å². The maximum Gasteiger partial charge on any atom is 0.273 e. The summed E-state index contributed by atoms with van der Waals surface area (Å²) in [5.74, 6) is 0.680. The summed E-state index contributed by atoms with van der Waals surface area (Å²) in [5.41, 5.74) is -0.0279. The van der Waals surface area contributed by atoms with Gasteiger partial charge in [0.2, 0.25) is 5.16 Å². The quantitative estimate of drug-likeness (QED) is 0.616. The van der Waals surface area contributed by atoms with Crippen molar-refractivity contribution in [1.82, 2.24) is 24.8 Å². The molecule has 0 atom stereocenters. The topological polar surface area (TPSA) is 85.2 Å². The highest BCUT2D eigenvalue weighted by atomic mass is 32.2. The van der Waals surface area contributed by atoms with Gasteiger partial charge in [-0.25, -0.2) is 8.78 Å². The molecule has 0 aliphatic carbocycles. The van der Waals surface area contributed by atoms with Gasteiger partial charge in [0.05, 0.1) is 6.61 Å². The van der Waals surface area contributed by atoms with Gasteiger partial charge in [0.15, 0.2) is 0 Å². The molecule has 2 aromatic heterocycles. The van der Waals surface area contributed by atoms with Crippen molar-refractivity contribution in [3.05, 3.63) is 16.0 Å². The lowest BCUT2D eigenvalue weighted by atomic mass is 10.5. The van der Waals surface area contributed by atoms with E-state index in [4.69, 9.17) is 4.74 Å². The molecule has 0 radical (unpaired) electrons. The number of rotatable bonds is 6. The van der Waals surface area contributed by atoms with Gasteiger partial charge in [-0.1, -0.05) is 11.8 Å². The van der Waals surface area contributed by atoms with Crippen molar-refractivity contribution in [3.8, 4) is 0 Å². The molecule has 0 amide bonds. The predicted molar refractivity (Wildman–Crippen MR) is 63.7 cm³/mol. The summed E-state index contributed by atoms with van der Waals surface area (Å²) in [4.78, 5) is 13.8. The van der Waals surface area contributed by atoms with Crippen LogP contribution < -0.4 is 5.56 Å². The third-order valence-electron chi connectivity index (χ3n) is 2.12. The largest absolute Gasteiger partial charge is 0.375 e. The van der Waals surface area contributed by atoms with E-state index in [2.05, 4.69) is 20.3 Å². The minimum absolute atomic E-state index is 0.173. The molecule has 0 aliphatic rings. The highest BCUT2D eigenvalue weighted by Crippen LogP contribution is 2.14. The molecule has 0 unspecified atom stereocenters. The fourth-order valence-corrected chi connectivity index (χ4v) is 2.01. The number of nitrogens with one attached hydrogen (secondary N) is 1. The fraction of sp³-hybridized carbons (Fsp3) is 0.556. The number of aromatic amines is 1. The number of halogens is 2. The van der Waals surface area contributed by atoms with Gasteiger partial charge in [-0.05, 0) is 6.92 Å². The van der Waals surface area contributed by atoms with Gasteiger partial charge in [-0.2, -0.15) is 9.61 Å². The molecule has 0 saturated heterocycles. The minimum atomic E-state index is -2.46. The molecule has 0 aliphatic heterocycles. The number of fused-ring (bicyclic) bond motifs is 1. The second kappa shape index (κ2) is 6.06. The van der Waals surface area contributed by atoms with E-state index in [-0.39, 0.29) is 17.9 Å². The second-order valence-electron chi connectivity index (χ2n) is 3.57. The first-order valence-electron chi connectivity index (χ1n) is 5.39. The van der Waals surface area contributed by atoms with Crippen LogP contribution in [0.1, 0.15) is 5.69 Å². The molecule has 2 aromatic rings. The molecule has 2 rings (SSSR count). The lowest BCUT2D eigenvalue weighted by Crippen LogP contribution is -2.15. The van der Waals surface area contributed by atoms with Gasteiger partial charge >= 0.3 is 0 Å². The Balaban J connectivity index is 1.98. The zero-order chi connectivity index (χ0) is 13.8. The molecule has 2 heterocycles. The van der Waals surface area contributed by atoms with Crippen LogP contribution in [-0.2, 0) is 4.74 Å². The molecule has 0 aromatic carbocycles. The van der Waals surface area contributed by atoms with Crippen LogP contribution in [0, 0.1) is 6.92 Å². The van der Waals surface area contributed by atoms with Crippen LogP contribution in [0.4, 0.5) is 8.78 Å². The number of H-pyrrole nitrogens is 1. The standard InChI is InChI=1S/C9H11F2N5O2S/c1-5-7(17)12-8-13-14-9(16(8)15-5)19-3-2-18-4-6(10)11/h6H,2-4H2,1H3,(H,12,13,17). The Bertz CT molecular complexity index is 614. The number of thioether (sulfide) groups is 1. The number of aromatic nitrogens is 5. The number of hydrogen-bond acceptors (Lipinski definition) is 6. The maximum atomic E-state index is 11.8. The Morgan fingerprint density at radius 3 is 3.00 bits per heavy atom. The molecular formula is C9H11F2N5O2S. The summed E-state index contributed by atoms with van der Waals surface area (Å²) in [6, 6.07) is 0. The summed E-state index contributed by atoms with van der Waals surface area (Å²) in [6.45, 7) is 1.16. The third kappa shape index (κ3) is 3.47. The maximum absolute atomic E-state index is 11.8. The zero-order valence-corrected chi connectivity index (χ0v) is 10.8. The van der Waals surface area contributed by atoms with Crippen LogP contribution >= 0.6 is 11.8 Å². The van der Waals surface area contributed by atoms with E-state index in [1.807, 2.05) is 0 Å². The summed E-state index contributed by atoms with van der Waals surface area (Å²) >= 11 is 1.26. The first-order valence-corrected chi connectivity index (χ1v) is 6.37. The molecule has 0 bridgehead atoms. The van der Waals surface area contributed by atoms with E-state index in [1.54, 1.807) is 6.92 Å². The third-order valence-corrected chi connectivity index (χ3v) is 3.00. The average molecular weight is 291 g/mol. The van der Waals surface area contributed by atoms with E-state index in [0.717, 1.165) is 0 Å². The normalized spacial score (nSPS) is 11.6. The zero-order valence-electron chi connectivity index (χ0n) is 9.97. The Hall–Kier alpha value is -1.55. The molecular weight excluding hydrogens is 280 g/mol. The van der Waals surface area contributed by atoms with Crippen LogP contribution in [0.2, 0.25) is 0 Å². The Morgan fingerprint density at radius 2 is 2.26 bits per heavy atom. The number of aryl methyl sites for hydroxylation is 1. The molecule has 19 heavy (non-hydrogen) atoms. The predicted octanol–water partition coefficient (Wildman–Crippen LogP) is 0.495. The van der Waals surface area contributed by atoms with Crippen LogP contribution in [0.5, 0.6) is 0 Å².